The molecule has 3 heterocycles. The molecular formula is C55H37N3. The first-order chi connectivity index (χ1) is 28.8. The summed E-state index contributed by atoms with van der Waals surface area (Å²) in [5, 5.41) is 2.51. The van der Waals surface area contributed by atoms with Gasteiger partial charge < -0.3 is 14.4 Å². The van der Waals surface area contributed by atoms with Crippen LogP contribution in [0.15, 0.2) is 224 Å². The van der Waals surface area contributed by atoms with Crippen molar-refractivity contribution in [2.75, 3.05) is 9.80 Å². The first kappa shape index (κ1) is 32.6. The molecule has 1 spiro atoms. The summed E-state index contributed by atoms with van der Waals surface area (Å²) in [4.78, 5) is 4.90. The minimum atomic E-state index is -0.545. The fraction of sp³-hybridized carbons (Fsp3) is 0.0182. The van der Waals surface area contributed by atoms with Gasteiger partial charge in [0.1, 0.15) is 0 Å². The standard InChI is InChI=1S/C55H37N3/c1-3-17-40(18-4-1)56-49-26-12-7-21-43(49)44-37-39(33-36-50(44)56)38-31-34-42(35-32-38)58-53-29-15-10-24-47(53)55(48-25-11-16-30-54(48)58)45-22-8-13-27-51(45)57(41-19-5-2-6-20-41)52-28-14-9-23-46(52)55/h1-37H. The molecule has 0 unspecified atom stereocenters. The van der Waals surface area contributed by atoms with Crippen molar-refractivity contribution < 1.29 is 0 Å². The molecule has 1 aromatic heterocycles. The Labute approximate surface area is 337 Å². The van der Waals surface area contributed by atoms with E-state index in [0.717, 1.165) is 11.4 Å². The van der Waals surface area contributed by atoms with Crippen molar-refractivity contribution in [2.24, 2.45) is 0 Å². The van der Waals surface area contributed by atoms with Crippen molar-refractivity contribution in [3.63, 3.8) is 0 Å². The molecule has 0 saturated heterocycles. The lowest BCUT2D eigenvalue weighted by molar-refractivity contribution is 0.719. The van der Waals surface area contributed by atoms with E-state index in [0.29, 0.717) is 0 Å². The lowest BCUT2D eigenvalue weighted by Gasteiger charge is -2.51. The molecule has 12 rings (SSSR count). The van der Waals surface area contributed by atoms with E-state index in [1.807, 2.05) is 0 Å². The number of hydrogen-bond donors (Lipinski definition) is 0. The van der Waals surface area contributed by atoms with E-state index in [-0.39, 0.29) is 0 Å². The quantitative estimate of drug-likeness (QED) is 0.178. The second kappa shape index (κ2) is 12.7. The average molecular weight is 740 g/mol. The van der Waals surface area contributed by atoms with Gasteiger partial charge in [-0.05, 0) is 112 Å². The number of para-hydroxylation sites is 7. The number of benzene rings is 9. The summed E-state index contributed by atoms with van der Waals surface area (Å²) in [5.74, 6) is 0. The first-order valence-corrected chi connectivity index (χ1v) is 20.0. The van der Waals surface area contributed by atoms with Crippen LogP contribution in [0, 0.1) is 0 Å². The van der Waals surface area contributed by atoms with Gasteiger partial charge in [0.25, 0.3) is 0 Å². The predicted octanol–water partition coefficient (Wildman–Crippen LogP) is 14.4. The molecule has 10 aromatic rings. The Balaban J connectivity index is 1.02. The van der Waals surface area contributed by atoms with Gasteiger partial charge in [-0.1, -0.05) is 146 Å². The molecule has 3 nitrogen and oxygen atoms in total. The number of rotatable bonds is 4. The van der Waals surface area contributed by atoms with Crippen LogP contribution in [-0.4, -0.2) is 4.57 Å². The third-order valence-corrected chi connectivity index (χ3v) is 12.4. The molecule has 0 saturated carbocycles. The third-order valence-electron chi connectivity index (χ3n) is 12.4. The van der Waals surface area contributed by atoms with Gasteiger partial charge in [0.05, 0.1) is 39.2 Å². The van der Waals surface area contributed by atoms with Crippen LogP contribution >= 0.6 is 0 Å². The maximum absolute atomic E-state index is 2.46. The highest BCUT2D eigenvalue weighted by Crippen LogP contribution is 2.63. The van der Waals surface area contributed by atoms with Gasteiger partial charge in [-0.3, -0.25) is 0 Å². The van der Waals surface area contributed by atoms with E-state index < -0.39 is 5.41 Å². The van der Waals surface area contributed by atoms with Gasteiger partial charge in [-0.25, -0.2) is 0 Å². The van der Waals surface area contributed by atoms with Crippen molar-refractivity contribution in [1.29, 1.82) is 0 Å². The third kappa shape index (κ3) is 4.56. The van der Waals surface area contributed by atoms with Gasteiger partial charge in [0.15, 0.2) is 0 Å². The van der Waals surface area contributed by atoms with Crippen molar-refractivity contribution in [1.82, 2.24) is 4.57 Å². The van der Waals surface area contributed by atoms with E-state index in [4.69, 9.17) is 0 Å². The van der Waals surface area contributed by atoms with E-state index in [2.05, 4.69) is 239 Å². The van der Waals surface area contributed by atoms with Gasteiger partial charge in [-0.15, -0.1) is 0 Å². The second-order valence-corrected chi connectivity index (χ2v) is 15.3. The van der Waals surface area contributed by atoms with Crippen LogP contribution in [0.2, 0.25) is 0 Å². The average Bonchev–Trinajstić information content (AvgIpc) is 3.63. The smallest absolute Gasteiger partial charge is 0.0782 e. The molecule has 3 heteroatoms. The Morgan fingerprint density at radius 1 is 0.276 bits per heavy atom. The van der Waals surface area contributed by atoms with Crippen LogP contribution in [0.25, 0.3) is 38.6 Å². The Hall–Kier alpha value is -7.62. The van der Waals surface area contributed by atoms with Crippen molar-refractivity contribution in [2.45, 2.75) is 5.41 Å². The molecule has 0 N–H and O–H groups in total. The lowest BCUT2D eigenvalue weighted by atomic mass is 9.60. The molecule has 0 atom stereocenters. The number of anilines is 6. The number of fused-ring (bicyclic) bond motifs is 11. The molecule has 9 aromatic carbocycles. The van der Waals surface area contributed by atoms with Crippen LogP contribution in [0.1, 0.15) is 22.3 Å². The molecule has 2 aliphatic rings. The maximum atomic E-state index is 2.46. The van der Waals surface area contributed by atoms with Gasteiger partial charge >= 0.3 is 0 Å². The number of aromatic nitrogens is 1. The molecule has 0 radical (unpaired) electrons. The molecular weight excluding hydrogens is 703 g/mol. The van der Waals surface area contributed by atoms with Crippen molar-refractivity contribution >= 4 is 55.9 Å². The topological polar surface area (TPSA) is 11.4 Å². The minimum absolute atomic E-state index is 0.545. The minimum Gasteiger partial charge on any atom is -0.310 e. The summed E-state index contributed by atoms with van der Waals surface area (Å²) >= 11 is 0. The van der Waals surface area contributed by atoms with E-state index in [1.54, 1.807) is 0 Å². The monoisotopic (exact) mass is 739 g/mol. The zero-order valence-electron chi connectivity index (χ0n) is 31.7. The van der Waals surface area contributed by atoms with E-state index >= 15 is 0 Å². The summed E-state index contributed by atoms with van der Waals surface area (Å²) < 4.78 is 2.37. The fourth-order valence-corrected chi connectivity index (χ4v) is 10.0. The molecule has 0 fully saturated rings. The molecule has 2 aliphatic heterocycles. The second-order valence-electron chi connectivity index (χ2n) is 15.3. The van der Waals surface area contributed by atoms with Crippen LogP contribution in [0.5, 0.6) is 0 Å². The largest absolute Gasteiger partial charge is 0.310 e. The van der Waals surface area contributed by atoms with Gasteiger partial charge in [-0.2, -0.15) is 0 Å². The summed E-state index contributed by atoms with van der Waals surface area (Å²) in [6, 6.07) is 82.2. The van der Waals surface area contributed by atoms with Crippen molar-refractivity contribution in [3.05, 3.63) is 247 Å². The van der Waals surface area contributed by atoms with Crippen molar-refractivity contribution in [3.8, 4) is 16.8 Å². The molecule has 272 valence electrons. The molecule has 58 heavy (non-hydrogen) atoms. The zero-order chi connectivity index (χ0) is 38.2. The molecule has 0 amide bonds. The number of hydrogen-bond acceptors (Lipinski definition) is 2. The maximum Gasteiger partial charge on any atom is 0.0782 e. The first-order valence-electron chi connectivity index (χ1n) is 20.0. The lowest BCUT2D eigenvalue weighted by Crippen LogP contribution is -2.41. The van der Waals surface area contributed by atoms with Gasteiger partial charge in [0, 0.05) is 27.8 Å². The van der Waals surface area contributed by atoms with Gasteiger partial charge in [0.2, 0.25) is 0 Å². The predicted molar refractivity (Wildman–Crippen MR) is 241 cm³/mol. The zero-order valence-corrected chi connectivity index (χ0v) is 31.7. The Morgan fingerprint density at radius 3 is 1.21 bits per heavy atom. The Morgan fingerprint density at radius 2 is 0.672 bits per heavy atom. The summed E-state index contributed by atoms with van der Waals surface area (Å²) in [5.41, 5.74) is 17.6. The summed E-state index contributed by atoms with van der Waals surface area (Å²) in [6.45, 7) is 0. The normalized spacial score (nSPS) is 13.6. The van der Waals surface area contributed by atoms with Crippen LogP contribution < -0.4 is 9.80 Å². The van der Waals surface area contributed by atoms with Crippen LogP contribution in [0.4, 0.5) is 34.1 Å². The van der Waals surface area contributed by atoms with E-state index in [9.17, 15) is 0 Å². The summed E-state index contributed by atoms with van der Waals surface area (Å²) in [7, 11) is 0. The van der Waals surface area contributed by atoms with Crippen LogP contribution in [0.3, 0.4) is 0 Å². The number of nitrogens with zero attached hydrogens (tertiary/aromatic N) is 3. The Kier molecular flexibility index (Phi) is 7.14. The van der Waals surface area contributed by atoms with E-state index in [1.165, 1.54) is 83.6 Å². The Bertz CT molecular complexity index is 3080. The SMILES string of the molecule is c1ccc(N2c3ccccc3C3(c4ccccc42)c2ccccc2N(c2ccc(-c4ccc5c(c4)c4ccccc4n5-c4ccccc4)cc2)c2ccccc23)cc1. The highest BCUT2D eigenvalue weighted by atomic mass is 15.2. The highest BCUT2D eigenvalue weighted by molar-refractivity contribution is 6.10. The highest BCUT2D eigenvalue weighted by Gasteiger charge is 2.51. The summed E-state index contributed by atoms with van der Waals surface area (Å²) in [6.07, 6.45) is 0. The molecule has 0 bridgehead atoms. The van der Waals surface area contributed by atoms with Crippen LogP contribution in [-0.2, 0) is 5.41 Å². The fourth-order valence-electron chi connectivity index (χ4n) is 10.0. The molecule has 0 aliphatic carbocycles.